The third-order valence-electron chi connectivity index (χ3n) is 5.89. The van der Waals surface area contributed by atoms with E-state index < -0.39 is 10.0 Å². The lowest BCUT2D eigenvalue weighted by molar-refractivity contribution is 0.211. The minimum atomic E-state index is -3.59. The Hall–Kier alpha value is -2.23. The van der Waals surface area contributed by atoms with Gasteiger partial charge in [-0.1, -0.05) is 6.07 Å². The average Bonchev–Trinajstić information content (AvgIpc) is 2.75. The number of sulfonamides is 1. The lowest BCUT2D eigenvalue weighted by Crippen LogP contribution is -2.42. The zero-order valence-electron chi connectivity index (χ0n) is 20.1. The molecule has 0 aliphatic carbocycles. The number of rotatable bonds is 9. The smallest absolute Gasteiger partial charge is 0.245 e. The first-order valence-corrected chi connectivity index (χ1v) is 12.9. The van der Waals surface area contributed by atoms with Crippen LogP contribution in [0.5, 0.6) is 5.75 Å². The standard InChI is InChI=1S/C24H35FN4O3S/c1-17(2)29(18(3)4)33(30,31)21-7-9-24(26-15-21)27-20-10-12-28(13-11-20)16-19-6-8-23(32-5)22(25)14-19/h6-9,14-15,17-18,20H,10-13,16H2,1-5H3,(H,26,27). The highest BCUT2D eigenvalue weighted by atomic mass is 32.2. The molecule has 1 N–H and O–H groups in total. The van der Waals surface area contributed by atoms with Crippen LogP contribution in [-0.4, -0.2) is 60.9 Å². The number of likely N-dealkylation sites (tertiary alicyclic amines) is 1. The number of ether oxygens (including phenoxy) is 1. The van der Waals surface area contributed by atoms with Crippen LogP contribution in [0.3, 0.4) is 0 Å². The number of aromatic nitrogens is 1. The second-order valence-electron chi connectivity index (χ2n) is 9.07. The van der Waals surface area contributed by atoms with Gasteiger partial charge >= 0.3 is 0 Å². The largest absolute Gasteiger partial charge is 0.494 e. The van der Waals surface area contributed by atoms with E-state index in [1.54, 1.807) is 18.2 Å². The second-order valence-corrected chi connectivity index (χ2v) is 10.9. The molecule has 0 bridgehead atoms. The van der Waals surface area contributed by atoms with Crippen LogP contribution >= 0.6 is 0 Å². The number of benzene rings is 1. The molecule has 2 aromatic rings. The van der Waals surface area contributed by atoms with E-state index in [0.717, 1.165) is 31.5 Å². The minimum Gasteiger partial charge on any atom is -0.494 e. The molecule has 0 spiro atoms. The zero-order chi connectivity index (χ0) is 24.2. The van der Waals surface area contributed by atoms with Gasteiger partial charge in [-0.15, -0.1) is 0 Å². The van der Waals surface area contributed by atoms with Gasteiger partial charge in [0.05, 0.1) is 7.11 Å². The van der Waals surface area contributed by atoms with Crippen molar-refractivity contribution in [2.24, 2.45) is 0 Å². The average molecular weight is 479 g/mol. The molecule has 0 atom stereocenters. The highest BCUT2D eigenvalue weighted by molar-refractivity contribution is 7.89. The van der Waals surface area contributed by atoms with Crippen molar-refractivity contribution in [3.63, 3.8) is 0 Å². The fourth-order valence-electron chi connectivity index (χ4n) is 4.40. The van der Waals surface area contributed by atoms with Crippen LogP contribution in [-0.2, 0) is 16.6 Å². The summed E-state index contributed by atoms with van der Waals surface area (Å²) >= 11 is 0. The quantitative estimate of drug-likeness (QED) is 0.585. The monoisotopic (exact) mass is 478 g/mol. The number of nitrogens with one attached hydrogen (secondary N) is 1. The van der Waals surface area contributed by atoms with Gasteiger partial charge in [0.1, 0.15) is 10.7 Å². The molecule has 7 nitrogen and oxygen atoms in total. The number of piperidine rings is 1. The predicted octanol–water partition coefficient (Wildman–Crippen LogP) is 4.11. The first kappa shape index (κ1) is 25.4. The van der Waals surface area contributed by atoms with Gasteiger partial charge in [-0.3, -0.25) is 4.90 Å². The lowest BCUT2D eigenvalue weighted by Gasteiger charge is -2.32. The molecule has 3 rings (SSSR count). The summed E-state index contributed by atoms with van der Waals surface area (Å²) in [6.45, 7) is 9.96. The second kappa shape index (κ2) is 10.8. The van der Waals surface area contributed by atoms with Gasteiger partial charge in [-0.2, -0.15) is 4.31 Å². The van der Waals surface area contributed by atoms with Crippen molar-refractivity contribution >= 4 is 15.8 Å². The highest BCUT2D eigenvalue weighted by Crippen LogP contribution is 2.23. The molecule has 1 aliphatic heterocycles. The molecular formula is C24H35FN4O3S. The number of halogens is 1. The Labute approximate surface area is 197 Å². The van der Waals surface area contributed by atoms with Gasteiger partial charge in [-0.05, 0) is 70.4 Å². The van der Waals surface area contributed by atoms with Crippen molar-refractivity contribution in [1.29, 1.82) is 0 Å². The summed E-state index contributed by atoms with van der Waals surface area (Å²) in [5.41, 5.74) is 0.926. The van der Waals surface area contributed by atoms with Crippen molar-refractivity contribution in [2.75, 3.05) is 25.5 Å². The van der Waals surface area contributed by atoms with E-state index in [1.165, 1.54) is 23.7 Å². The van der Waals surface area contributed by atoms with Crippen LogP contribution in [0.1, 0.15) is 46.1 Å². The van der Waals surface area contributed by atoms with E-state index in [4.69, 9.17) is 4.74 Å². The molecule has 1 aromatic carbocycles. The Bertz CT molecular complexity index is 1010. The maximum absolute atomic E-state index is 13.9. The maximum atomic E-state index is 13.9. The zero-order valence-corrected chi connectivity index (χ0v) is 20.9. The molecule has 1 fully saturated rings. The minimum absolute atomic E-state index is 0.132. The van der Waals surface area contributed by atoms with Gasteiger partial charge in [0.25, 0.3) is 0 Å². The topological polar surface area (TPSA) is 74.8 Å². The normalized spacial score (nSPS) is 16.0. The molecule has 0 unspecified atom stereocenters. The Kier molecular flexibility index (Phi) is 8.31. The fourth-order valence-corrected chi connectivity index (χ4v) is 6.18. The molecule has 9 heteroatoms. The van der Waals surface area contributed by atoms with Crippen molar-refractivity contribution in [3.05, 3.63) is 47.9 Å². The first-order chi connectivity index (χ1) is 15.6. The number of anilines is 1. The molecule has 0 amide bonds. The number of hydrogen-bond donors (Lipinski definition) is 1. The van der Waals surface area contributed by atoms with Gasteiger partial charge in [0, 0.05) is 44.0 Å². The van der Waals surface area contributed by atoms with E-state index in [1.807, 2.05) is 33.8 Å². The third-order valence-corrected chi connectivity index (χ3v) is 8.13. The first-order valence-electron chi connectivity index (χ1n) is 11.4. The molecule has 33 heavy (non-hydrogen) atoms. The summed E-state index contributed by atoms with van der Waals surface area (Å²) < 4.78 is 46.4. The molecule has 2 heterocycles. The van der Waals surface area contributed by atoms with Gasteiger partial charge in [-0.25, -0.2) is 17.8 Å². The summed E-state index contributed by atoms with van der Waals surface area (Å²) in [4.78, 5) is 6.87. The van der Waals surface area contributed by atoms with Gasteiger partial charge in [0.2, 0.25) is 10.0 Å². The van der Waals surface area contributed by atoms with E-state index in [9.17, 15) is 12.8 Å². The predicted molar refractivity (Wildman–Crippen MR) is 128 cm³/mol. The van der Waals surface area contributed by atoms with Crippen LogP contribution in [0.4, 0.5) is 10.2 Å². The van der Waals surface area contributed by atoms with E-state index >= 15 is 0 Å². The van der Waals surface area contributed by atoms with Crippen molar-refractivity contribution in [3.8, 4) is 5.75 Å². The summed E-state index contributed by atoms with van der Waals surface area (Å²) in [5, 5.41) is 3.42. The van der Waals surface area contributed by atoms with Crippen LogP contribution in [0.25, 0.3) is 0 Å². The van der Waals surface area contributed by atoms with Crippen molar-refractivity contribution in [1.82, 2.24) is 14.2 Å². The van der Waals surface area contributed by atoms with Gasteiger partial charge < -0.3 is 10.1 Å². The Morgan fingerprint density at radius 1 is 1.15 bits per heavy atom. The maximum Gasteiger partial charge on any atom is 0.245 e. The van der Waals surface area contributed by atoms with E-state index in [0.29, 0.717) is 12.4 Å². The summed E-state index contributed by atoms with van der Waals surface area (Å²) in [6, 6.07) is 8.43. The molecule has 0 radical (unpaired) electrons. The number of hydrogen-bond acceptors (Lipinski definition) is 6. The SMILES string of the molecule is COc1ccc(CN2CCC(Nc3ccc(S(=O)(=O)N(C(C)C)C(C)C)cn3)CC2)cc1F. The van der Waals surface area contributed by atoms with Crippen LogP contribution in [0.2, 0.25) is 0 Å². The molecular weight excluding hydrogens is 443 g/mol. The number of methoxy groups -OCH3 is 1. The molecule has 1 aromatic heterocycles. The Balaban J connectivity index is 1.55. The van der Waals surface area contributed by atoms with Crippen molar-refractivity contribution in [2.45, 2.75) is 70.1 Å². The molecule has 1 aliphatic rings. The summed E-state index contributed by atoms with van der Waals surface area (Å²) in [5.74, 6) is 0.590. The number of nitrogens with zero attached hydrogens (tertiary/aromatic N) is 3. The number of pyridine rings is 1. The Morgan fingerprint density at radius 3 is 2.33 bits per heavy atom. The van der Waals surface area contributed by atoms with Crippen molar-refractivity contribution < 1.29 is 17.5 Å². The molecule has 1 saturated heterocycles. The summed E-state index contributed by atoms with van der Waals surface area (Å²) in [7, 11) is -2.13. The van der Waals surface area contributed by atoms with E-state index in [-0.39, 0.29) is 34.6 Å². The van der Waals surface area contributed by atoms with Gasteiger partial charge in [0.15, 0.2) is 11.6 Å². The Morgan fingerprint density at radius 2 is 1.82 bits per heavy atom. The molecule has 182 valence electrons. The highest BCUT2D eigenvalue weighted by Gasteiger charge is 2.29. The fraction of sp³-hybridized carbons (Fsp3) is 0.542. The lowest BCUT2D eigenvalue weighted by atomic mass is 10.0. The van der Waals surface area contributed by atoms with Crippen LogP contribution in [0, 0.1) is 5.82 Å². The third kappa shape index (κ3) is 6.22. The molecule has 0 saturated carbocycles. The summed E-state index contributed by atoms with van der Waals surface area (Å²) in [6.07, 6.45) is 3.28. The van der Waals surface area contributed by atoms with Crippen LogP contribution < -0.4 is 10.1 Å². The van der Waals surface area contributed by atoms with Crippen LogP contribution in [0.15, 0.2) is 41.4 Å². The van der Waals surface area contributed by atoms with E-state index in [2.05, 4.69) is 15.2 Å².